The summed E-state index contributed by atoms with van der Waals surface area (Å²) in [5, 5.41) is 2.87. The largest absolute Gasteiger partial charge is 0.0944 e. The smallest absolute Gasteiger partial charge is 0.0266 e. The monoisotopic (exact) mass is 296 g/mol. The molecule has 0 bridgehead atoms. The zero-order valence-electron chi connectivity index (χ0n) is 13.6. The van der Waals surface area contributed by atoms with Crippen LogP contribution in [0.1, 0.15) is 40.5 Å². The molecule has 2 aliphatic rings. The molecular weight excluding hydrogens is 271 g/mol. The molecule has 21 heavy (non-hydrogen) atoms. The predicted molar refractivity (Wildman–Crippen MR) is 96.4 cm³/mol. The Labute approximate surface area is 131 Å². The maximum Gasteiger partial charge on any atom is 0.0266 e. The maximum atomic E-state index is 3.47. The SMILES string of the molecule is C/C=C\C(=C(C)C)P(C1=CC[C@@H](C)C#C1)C1C=CC=CC1. The van der Waals surface area contributed by atoms with E-state index in [0.29, 0.717) is 11.6 Å². The lowest BCUT2D eigenvalue weighted by Crippen LogP contribution is -2.07. The van der Waals surface area contributed by atoms with Crippen LogP contribution in [0.4, 0.5) is 0 Å². The molecule has 0 nitrogen and oxygen atoms in total. The maximum absolute atomic E-state index is 3.47. The highest BCUT2D eigenvalue weighted by Gasteiger charge is 2.26. The molecule has 0 amide bonds. The van der Waals surface area contributed by atoms with Crippen LogP contribution in [0.2, 0.25) is 0 Å². The summed E-state index contributed by atoms with van der Waals surface area (Å²) in [7, 11) is -0.383. The molecule has 3 atom stereocenters. The standard InChI is InChI=1S/C20H25P/c1-5-9-20(16(2)3)21(18-10-7-6-8-11-18)19-14-12-17(4)13-15-19/h5-10,14,17-18H,11-12H2,1-4H3/b9-5-/t17-,18?,21?/m1/s1. The average Bonchev–Trinajstić information content (AvgIpc) is 2.49. The van der Waals surface area contributed by atoms with Gasteiger partial charge in [0.25, 0.3) is 0 Å². The normalized spacial score (nSPS) is 25.2. The van der Waals surface area contributed by atoms with Gasteiger partial charge in [0.15, 0.2) is 0 Å². The van der Waals surface area contributed by atoms with Crippen molar-refractivity contribution in [2.24, 2.45) is 5.92 Å². The molecular formula is C20H25P. The van der Waals surface area contributed by atoms with Crippen LogP contribution in [-0.2, 0) is 0 Å². The fourth-order valence-corrected chi connectivity index (χ4v) is 5.50. The quantitative estimate of drug-likeness (QED) is 0.331. The molecule has 0 fully saturated rings. The molecule has 0 radical (unpaired) electrons. The predicted octanol–water partition coefficient (Wildman–Crippen LogP) is 6.15. The molecule has 0 saturated heterocycles. The topological polar surface area (TPSA) is 0 Å². The van der Waals surface area contributed by atoms with Gasteiger partial charge in [-0.2, -0.15) is 0 Å². The molecule has 0 heterocycles. The first kappa shape index (κ1) is 16.1. The summed E-state index contributed by atoms with van der Waals surface area (Å²) in [6, 6.07) is 0. The first-order chi connectivity index (χ1) is 10.1. The third-order valence-corrected chi connectivity index (χ3v) is 6.73. The van der Waals surface area contributed by atoms with Crippen molar-refractivity contribution in [3.8, 4) is 11.8 Å². The molecule has 0 aromatic heterocycles. The van der Waals surface area contributed by atoms with E-state index in [1.54, 1.807) is 0 Å². The zero-order valence-corrected chi connectivity index (χ0v) is 14.5. The van der Waals surface area contributed by atoms with Gasteiger partial charge >= 0.3 is 0 Å². The molecule has 0 aromatic carbocycles. The third-order valence-electron chi connectivity index (χ3n) is 3.76. The Bertz CT molecular complexity index is 583. The number of rotatable bonds is 4. The van der Waals surface area contributed by atoms with Gasteiger partial charge in [-0.15, -0.1) is 0 Å². The van der Waals surface area contributed by atoms with Gasteiger partial charge in [0, 0.05) is 16.9 Å². The third kappa shape index (κ3) is 4.09. The Kier molecular flexibility index (Phi) is 5.84. The van der Waals surface area contributed by atoms with Crippen molar-refractivity contribution in [1.29, 1.82) is 0 Å². The Morgan fingerprint density at radius 2 is 2.10 bits per heavy atom. The van der Waals surface area contributed by atoms with Gasteiger partial charge in [-0.25, -0.2) is 0 Å². The fraction of sp³-hybridized carbons (Fsp3) is 0.400. The van der Waals surface area contributed by atoms with E-state index in [1.165, 1.54) is 16.2 Å². The Morgan fingerprint density at radius 3 is 2.62 bits per heavy atom. The lowest BCUT2D eigenvalue weighted by atomic mass is 10.1. The van der Waals surface area contributed by atoms with Crippen LogP contribution in [0.15, 0.2) is 58.7 Å². The fourth-order valence-electron chi connectivity index (χ4n) is 2.65. The Balaban J connectivity index is 2.42. The van der Waals surface area contributed by atoms with Crippen LogP contribution in [0.25, 0.3) is 0 Å². The van der Waals surface area contributed by atoms with Crippen molar-refractivity contribution in [2.75, 3.05) is 0 Å². The first-order valence-electron chi connectivity index (χ1n) is 7.78. The van der Waals surface area contributed by atoms with Crippen LogP contribution >= 0.6 is 7.92 Å². The van der Waals surface area contributed by atoms with Gasteiger partial charge in [0.05, 0.1) is 0 Å². The second kappa shape index (κ2) is 7.63. The molecule has 0 spiro atoms. The van der Waals surface area contributed by atoms with Gasteiger partial charge in [-0.3, -0.25) is 0 Å². The summed E-state index contributed by atoms with van der Waals surface area (Å²) < 4.78 is 0. The number of hydrogen-bond donors (Lipinski definition) is 0. The average molecular weight is 296 g/mol. The highest BCUT2D eigenvalue weighted by Crippen LogP contribution is 2.60. The second-order valence-corrected chi connectivity index (χ2v) is 8.23. The molecule has 2 aliphatic carbocycles. The molecule has 110 valence electrons. The van der Waals surface area contributed by atoms with Crippen molar-refractivity contribution < 1.29 is 0 Å². The first-order valence-corrected chi connectivity index (χ1v) is 9.19. The molecule has 0 aliphatic heterocycles. The van der Waals surface area contributed by atoms with Crippen LogP contribution in [0.3, 0.4) is 0 Å². The van der Waals surface area contributed by atoms with E-state index in [0.717, 1.165) is 12.8 Å². The molecule has 0 N–H and O–H groups in total. The van der Waals surface area contributed by atoms with Crippen molar-refractivity contribution in [3.05, 3.63) is 58.7 Å². The summed E-state index contributed by atoms with van der Waals surface area (Å²) >= 11 is 0. The highest BCUT2D eigenvalue weighted by molar-refractivity contribution is 7.67. The lowest BCUT2D eigenvalue weighted by molar-refractivity contribution is 0.767. The minimum Gasteiger partial charge on any atom is -0.0944 e. The van der Waals surface area contributed by atoms with Crippen LogP contribution in [0.5, 0.6) is 0 Å². The second-order valence-electron chi connectivity index (χ2n) is 5.87. The summed E-state index contributed by atoms with van der Waals surface area (Å²) in [4.78, 5) is 0. The zero-order chi connectivity index (χ0) is 15.2. The van der Waals surface area contributed by atoms with Crippen LogP contribution < -0.4 is 0 Å². The summed E-state index contributed by atoms with van der Waals surface area (Å²) in [6.07, 6.45) is 18.1. The van der Waals surface area contributed by atoms with E-state index < -0.39 is 0 Å². The van der Waals surface area contributed by atoms with E-state index in [4.69, 9.17) is 0 Å². The number of allylic oxidation sites excluding steroid dienone is 10. The van der Waals surface area contributed by atoms with Crippen LogP contribution in [-0.4, -0.2) is 5.66 Å². The lowest BCUT2D eigenvalue weighted by Gasteiger charge is -2.29. The van der Waals surface area contributed by atoms with Gasteiger partial charge in [0.1, 0.15) is 0 Å². The van der Waals surface area contributed by atoms with E-state index >= 15 is 0 Å². The van der Waals surface area contributed by atoms with Crippen molar-refractivity contribution >= 4 is 7.92 Å². The summed E-state index contributed by atoms with van der Waals surface area (Å²) in [5.74, 6) is 7.37. The van der Waals surface area contributed by atoms with Gasteiger partial charge in [-0.1, -0.05) is 66.9 Å². The Hall–Kier alpha value is -1.31. The van der Waals surface area contributed by atoms with Crippen molar-refractivity contribution in [1.82, 2.24) is 0 Å². The van der Waals surface area contributed by atoms with Gasteiger partial charge < -0.3 is 0 Å². The summed E-state index contributed by atoms with van der Waals surface area (Å²) in [5.41, 5.74) is 2.00. The van der Waals surface area contributed by atoms with Gasteiger partial charge in [0.2, 0.25) is 0 Å². The molecule has 2 rings (SSSR count). The Morgan fingerprint density at radius 1 is 1.29 bits per heavy atom. The van der Waals surface area contributed by atoms with Gasteiger partial charge in [-0.05, 0) is 46.8 Å². The molecule has 0 saturated carbocycles. The van der Waals surface area contributed by atoms with E-state index in [9.17, 15) is 0 Å². The highest BCUT2D eigenvalue weighted by atomic mass is 31.1. The number of hydrogen-bond acceptors (Lipinski definition) is 0. The summed E-state index contributed by atoms with van der Waals surface area (Å²) in [6.45, 7) is 8.77. The van der Waals surface area contributed by atoms with E-state index in [1.807, 2.05) is 0 Å². The van der Waals surface area contributed by atoms with Crippen molar-refractivity contribution in [3.63, 3.8) is 0 Å². The minimum atomic E-state index is -0.383. The molecule has 1 heteroatoms. The van der Waals surface area contributed by atoms with E-state index in [2.05, 4.69) is 82.1 Å². The minimum absolute atomic E-state index is 0.383. The molecule has 0 aromatic rings. The molecule has 2 unspecified atom stereocenters. The van der Waals surface area contributed by atoms with Crippen molar-refractivity contribution in [2.45, 2.75) is 46.2 Å². The van der Waals surface area contributed by atoms with Crippen LogP contribution in [0, 0.1) is 17.8 Å². The van der Waals surface area contributed by atoms with E-state index in [-0.39, 0.29) is 7.92 Å².